The summed E-state index contributed by atoms with van der Waals surface area (Å²) in [6.07, 6.45) is 5.21. The van der Waals surface area contributed by atoms with Crippen LogP contribution < -0.4 is 0 Å². The van der Waals surface area contributed by atoms with Crippen molar-refractivity contribution in [3.05, 3.63) is 29.3 Å². The Hall–Kier alpha value is -1.40. The second kappa shape index (κ2) is 6.38. The lowest BCUT2D eigenvalue weighted by Crippen LogP contribution is -2.34. The molecule has 1 saturated carbocycles. The van der Waals surface area contributed by atoms with E-state index in [0.717, 1.165) is 36.5 Å². The van der Waals surface area contributed by atoms with Crippen LogP contribution >= 0.6 is 11.8 Å². The predicted octanol–water partition coefficient (Wildman–Crippen LogP) is 3.07. The quantitative estimate of drug-likeness (QED) is 0.878. The maximum absolute atomic E-state index is 10.6. The topological polar surface area (TPSA) is 63.8 Å². The first-order valence-electron chi connectivity index (χ1n) is 7.79. The molecule has 0 atom stereocenters. The van der Waals surface area contributed by atoms with E-state index >= 15 is 0 Å². The fourth-order valence-electron chi connectivity index (χ4n) is 2.94. The van der Waals surface area contributed by atoms with Crippen LogP contribution in [0.5, 0.6) is 0 Å². The molecule has 3 rings (SSSR count). The molecule has 0 bridgehead atoms. The Balaban J connectivity index is 1.79. The van der Waals surface area contributed by atoms with Crippen LogP contribution in [-0.4, -0.2) is 36.7 Å². The SMILES string of the molecule is Cc1cccc(-n2nnnc2SCC2(O)CCCCC2)c1C. The van der Waals surface area contributed by atoms with Gasteiger partial charge in [-0.1, -0.05) is 43.2 Å². The summed E-state index contributed by atoms with van der Waals surface area (Å²) < 4.78 is 1.78. The van der Waals surface area contributed by atoms with E-state index < -0.39 is 5.60 Å². The monoisotopic (exact) mass is 318 g/mol. The largest absolute Gasteiger partial charge is 0.389 e. The Bertz CT molecular complexity index is 649. The van der Waals surface area contributed by atoms with Crippen LogP contribution in [0.3, 0.4) is 0 Å². The number of aromatic nitrogens is 4. The highest BCUT2D eigenvalue weighted by Crippen LogP contribution is 2.33. The number of nitrogens with zero attached hydrogens (tertiary/aromatic N) is 4. The van der Waals surface area contributed by atoms with Crippen LogP contribution in [0.2, 0.25) is 0 Å². The summed E-state index contributed by atoms with van der Waals surface area (Å²) in [5.41, 5.74) is 2.83. The van der Waals surface area contributed by atoms with Crippen LogP contribution in [0.1, 0.15) is 43.2 Å². The van der Waals surface area contributed by atoms with Crippen molar-refractivity contribution in [2.75, 3.05) is 5.75 Å². The number of hydrogen-bond acceptors (Lipinski definition) is 5. The Labute approximate surface area is 135 Å². The normalized spacial score (nSPS) is 17.6. The highest BCUT2D eigenvalue weighted by atomic mass is 32.2. The van der Waals surface area contributed by atoms with Gasteiger partial charge < -0.3 is 5.11 Å². The molecule has 1 aromatic heterocycles. The molecule has 0 radical (unpaired) electrons. The van der Waals surface area contributed by atoms with Gasteiger partial charge in [-0.2, -0.15) is 4.68 Å². The summed E-state index contributed by atoms with van der Waals surface area (Å²) >= 11 is 1.55. The Morgan fingerprint density at radius 2 is 2.00 bits per heavy atom. The molecule has 1 aliphatic rings. The van der Waals surface area contributed by atoms with Gasteiger partial charge in [-0.3, -0.25) is 0 Å². The van der Waals surface area contributed by atoms with Gasteiger partial charge >= 0.3 is 0 Å². The molecule has 1 N–H and O–H groups in total. The van der Waals surface area contributed by atoms with E-state index in [1.165, 1.54) is 17.5 Å². The van der Waals surface area contributed by atoms with E-state index in [4.69, 9.17) is 0 Å². The number of aryl methyl sites for hydroxylation is 1. The van der Waals surface area contributed by atoms with Crippen LogP contribution in [0.15, 0.2) is 23.4 Å². The number of tetrazole rings is 1. The summed E-state index contributed by atoms with van der Waals surface area (Å²) in [6, 6.07) is 6.13. The van der Waals surface area contributed by atoms with Crippen molar-refractivity contribution in [1.29, 1.82) is 0 Å². The molecule has 0 saturated heterocycles. The third kappa shape index (κ3) is 3.17. The molecule has 1 heterocycles. The second-order valence-electron chi connectivity index (χ2n) is 6.17. The zero-order valence-electron chi connectivity index (χ0n) is 13.1. The van der Waals surface area contributed by atoms with Gasteiger partial charge in [0.1, 0.15) is 0 Å². The Kier molecular flexibility index (Phi) is 4.49. The van der Waals surface area contributed by atoms with Gasteiger partial charge in [0, 0.05) is 5.75 Å². The van der Waals surface area contributed by atoms with E-state index in [-0.39, 0.29) is 0 Å². The highest BCUT2D eigenvalue weighted by Gasteiger charge is 2.30. The summed E-state index contributed by atoms with van der Waals surface area (Å²) in [7, 11) is 0. The lowest BCUT2D eigenvalue weighted by atomic mass is 9.86. The number of aliphatic hydroxyl groups is 1. The molecule has 6 heteroatoms. The molecular formula is C16H22N4OS. The molecular weight excluding hydrogens is 296 g/mol. The smallest absolute Gasteiger partial charge is 0.214 e. The van der Waals surface area contributed by atoms with Crippen molar-refractivity contribution in [1.82, 2.24) is 20.2 Å². The predicted molar refractivity (Wildman–Crippen MR) is 87.4 cm³/mol. The molecule has 1 fully saturated rings. The molecule has 1 aliphatic carbocycles. The van der Waals surface area contributed by atoms with Gasteiger partial charge in [0.05, 0.1) is 11.3 Å². The molecule has 5 nitrogen and oxygen atoms in total. The fourth-order valence-corrected chi connectivity index (χ4v) is 3.98. The molecule has 2 aromatic rings. The second-order valence-corrected chi connectivity index (χ2v) is 7.11. The van der Waals surface area contributed by atoms with Crippen molar-refractivity contribution in [2.45, 2.75) is 56.7 Å². The van der Waals surface area contributed by atoms with Gasteiger partial charge in [-0.15, -0.1) is 5.10 Å². The fraction of sp³-hybridized carbons (Fsp3) is 0.562. The Morgan fingerprint density at radius 3 is 2.77 bits per heavy atom. The maximum Gasteiger partial charge on any atom is 0.214 e. The van der Waals surface area contributed by atoms with Crippen molar-refractivity contribution in [3.63, 3.8) is 0 Å². The van der Waals surface area contributed by atoms with Crippen molar-refractivity contribution in [3.8, 4) is 5.69 Å². The first kappa shape index (κ1) is 15.5. The van der Waals surface area contributed by atoms with E-state index in [1.54, 1.807) is 16.4 Å². The lowest BCUT2D eigenvalue weighted by Gasteiger charge is -2.31. The average Bonchev–Trinajstić information content (AvgIpc) is 2.97. The standard InChI is InChI=1S/C16H22N4OS/c1-12-7-6-8-14(13(12)2)20-15(17-18-19-20)22-11-16(21)9-4-3-5-10-16/h6-8,21H,3-5,9-11H2,1-2H3. The molecule has 0 amide bonds. The number of rotatable bonds is 4. The van der Waals surface area contributed by atoms with E-state index in [1.807, 2.05) is 12.1 Å². The third-order valence-corrected chi connectivity index (χ3v) is 5.69. The van der Waals surface area contributed by atoms with Crippen molar-refractivity contribution in [2.24, 2.45) is 0 Å². The van der Waals surface area contributed by atoms with Crippen LogP contribution in [0.4, 0.5) is 0 Å². The van der Waals surface area contributed by atoms with Gasteiger partial charge in [0.15, 0.2) is 0 Å². The minimum absolute atomic E-state index is 0.568. The molecule has 118 valence electrons. The van der Waals surface area contributed by atoms with Crippen LogP contribution in [0.25, 0.3) is 5.69 Å². The van der Waals surface area contributed by atoms with Crippen LogP contribution in [-0.2, 0) is 0 Å². The molecule has 22 heavy (non-hydrogen) atoms. The molecule has 0 spiro atoms. The van der Waals surface area contributed by atoms with Gasteiger partial charge in [-0.25, -0.2) is 0 Å². The van der Waals surface area contributed by atoms with Gasteiger partial charge in [-0.05, 0) is 54.3 Å². The molecule has 1 aromatic carbocycles. The Morgan fingerprint density at radius 1 is 1.23 bits per heavy atom. The highest BCUT2D eigenvalue weighted by molar-refractivity contribution is 7.99. The van der Waals surface area contributed by atoms with Crippen molar-refractivity contribution < 1.29 is 5.11 Å². The summed E-state index contributed by atoms with van der Waals surface area (Å²) in [5, 5.41) is 23.5. The minimum Gasteiger partial charge on any atom is -0.389 e. The van der Waals surface area contributed by atoms with Gasteiger partial charge in [0.25, 0.3) is 0 Å². The van der Waals surface area contributed by atoms with E-state index in [9.17, 15) is 5.11 Å². The van der Waals surface area contributed by atoms with Crippen molar-refractivity contribution >= 4 is 11.8 Å². The average molecular weight is 318 g/mol. The van der Waals surface area contributed by atoms with Gasteiger partial charge in [0.2, 0.25) is 5.16 Å². The number of hydrogen-bond donors (Lipinski definition) is 1. The zero-order valence-corrected chi connectivity index (χ0v) is 13.9. The zero-order chi connectivity index (χ0) is 15.6. The van der Waals surface area contributed by atoms with E-state index in [0.29, 0.717) is 5.75 Å². The number of thioether (sulfide) groups is 1. The van der Waals surface area contributed by atoms with E-state index in [2.05, 4.69) is 35.4 Å². The first-order chi connectivity index (χ1) is 10.6. The number of benzene rings is 1. The molecule has 0 aliphatic heterocycles. The summed E-state index contributed by atoms with van der Waals surface area (Å²) in [5.74, 6) is 0.651. The maximum atomic E-state index is 10.6. The molecule has 0 unspecified atom stereocenters. The lowest BCUT2D eigenvalue weighted by molar-refractivity contribution is 0.0272. The third-order valence-electron chi connectivity index (χ3n) is 4.50. The first-order valence-corrected chi connectivity index (χ1v) is 8.78. The minimum atomic E-state index is -0.568. The summed E-state index contributed by atoms with van der Waals surface area (Å²) in [6.45, 7) is 4.16. The van der Waals surface area contributed by atoms with Crippen LogP contribution in [0, 0.1) is 13.8 Å². The summed E-state index contributed by atoms with van der Waals surface area (Å²) in [4.78, 5) is 0.